The molecule has 0 amide bonds. The highest BCUT2D eigenvalue weighted by molar-refractivity contribution is 6.99. The molecule has 0 bridgehead atoms. The molecule has 0 aliphatic heterocycles. The Bertz CT molecular complexity index is 1230. The van der Waals surface area contributed by atoms with Gasteiger partial charge in [-0.3, -0.25) is 0 Å². The molecular formula is C38H56N2O7Si. The Morgan fingerprint density at radius 1 is 0.646 bits per heavy atom. The molecule has 0 atom stereocenters. The van der Waals surface area contributed by atoms with E-state index in [0.717, 1.165) is 37.2 Å². The first-order valence-corrected chi connectivity index (χ1v) is 19.3. The summed E-state index contributed by atoms with van der Waals surface area (Å²) in [7, 11) is -0.984. The molecule has 1 aliphatic rings. The SMILES string of the molecule is COCCOCCOCCOCCOCCOC1CCC(c2nccc(CO[Si](c3ccccc3)(c3ccccc3)C(C)(C)C)n2)CC1. The monoisotopic (exact) mass is 680 g/mol. The van der Waals surface area contributed by atoms with Gasteiger partial charge in [0.25, 0.3) is 8.32 Å². The minimum Gasteiger partial charge on any atom is -0.401 e. The number of aromatic nitrogens is 2. The maximum Gasteiger partial charge on any atom is 0.261 e. The zero-order valence-corrected chi connectivity index (χ0v) is 30.4. The molecular weight excluding hydrogens is 625 g/mol. The lowest BCUT2D eigenvalue weighted by atomic mass is 9.87. The van der Waals surface area contributed by atoms with Crippen LogP contribution in [-0.4, -0.2) is 97.6 Å². The van der Waals surface area contributed by atoms with Crippen LogP contribution in [0.15, 0.2) is 72.9 Å². The van der Waals surface area contributed by atoms with E-state index in [-0.39, 0.29) is 11.1 Å². The maximum atomic E-state index is 7.13. The van der Waals surface area contributed by atoms with Gasteiger partial charge in [0.05, 0.1) is 84.5 Å². The number of nitrogens with zero attached hydrogens (tertiary/aromatic N) is 2. The average Bonchev–Trinajstić information content (AvgIpc) is 3.11. The number of hydrogen-bond acceptors (Lipinski definition) is 9. The Labute approximate surface area is 288 Å². The fourth-order valence-electron chi connectivity index (χ4n) is 6.30. The molecule has 9 nitrogen and oxygen atoms in total. The van der Waals surface area contributed by atoms with Gasteiger partial charge in [-0.15, -0.1) is 0 Å². The van der Waals surface area contributed by atoms with Gasteiger partial charge < -0.3 is 32.8 Å². The van der Waals surface area contributed by atoms with Gasteiger partial charge in [0.1, 0.15) is 5.82 Å². The molecule has 1 saturated carbocycles. The smallest absolute Gasteiger partial charge is 0.261 e. The van der Waals surface area contributed by atoms with E-state index in [4.69, 9.17) is 42.8 Å². The predicted octanol–water partition coefficient (Wildman–Crippen LogP) is 5.31. The third kappa shape index (κ3) is 11.8. The molecule has 1 aliphatic carbocycles. The van der Waals surface area contributed by atoms with Gasteiger partial charge in [0, 0.05) is 19.2 Å². The van der Waals surface area contributed by atoms with Crippen LogP contribution < -0.4 is 10.4 Å². The van der Waals surface area contributed by atoms with E-state index in [0.29, 0.717) is 78.6 Å². The second-order valence-electron chi connectivity index (χ2n) is 13.1. The Morgan fingerprint density at radius 2 is 1.15 bits per heavy atom. The van der Waals surface area contributed by atoms with E-state index in [1.54, 1.807) is 7.11 Å². The molecule has 0 radical (unpaired) electrons. The van der Waals surface area contributed by atoms with Crippen molar-refractivity contribution in [3.05, 3.63) is 84.4 Å². The van der Waals surface area contributed by atoms with Crippen LogP contribution in [-0.2, 0) is 39.5 Å². The van der Waals surface area contributed by atoms with Gasteiger partial charge in [0.2, 0.25) is 0 Å². The van der Waals surface area contributed by atoms with Crippen LogP contribution in [0.1, 0.15) is 63.9 Å². The van der Waals surface area contributed by atoms with Crippen molar-refractivity contribution in [2.45, 2.75) is 70.1 Å². The lowest BCUT2D eigenvalue weighted by molar-refractivity contribution is -0.0316. The van der Waals surface area contributed by atoms with Crippen LogP contribution in [0.5, 0.6) is 0 Å². The van der Waals surface area contributed by atoms with Crippen molar-refractivity contribution >= 4 is 18.7 Å². The van der Waals surface area contributed by atoms with Gasteiger partial charge in [-0.1, -0.05) is 81.4 Å². The van der Waals surface area contributed by atoms with Crippen molar-refractivity contribution in [3.63, 3.8) is 0 Å². The summed E-state index contributed by atoms with van der Waals surface area (Å²) in [6, 6.07) is 23.5. The van der Waals surface area contributed by atoms with Gasteiger partial charge in [-0.25, -0.2) is 9.97 Å². The predicted molar refractivity (Wildman–Crippen MR) is 191 cm³/mol. The summed E-state index contributed by atoms with van der Waals surface area (Å²) in [5.74, 6) is 1.25. The molecule has 0 spiro atoms. The van der Waals surface area contributed by atoms with Gasteiger partial charge in [-0.2, -0.15) is 0 Å². The third-order valence-corrected chi connectivity index (χ3v) is 13.7. The third-order valence-electron chi connectivity index (χ3n) is 8.75. The average molecular weight is 681 g/mol. The summed E-state index contributed by atoms with van der Waals surface area (Å²) in [6.07, 6.45) is 6.16. The normalized spacial score (nSPS) is 17.1. The molecule has 0 N–H and O–H groups in total. The van der Waals surface area contributed by atoms with Crippen molar-refractivity contribution in [1.29, 1.82) is 0 Å². The van der Waals surface area contributed by atoms with Gasteiger partial charge in [0.15, 0.2) is 0 Å². The Kier molecular flexibility index (Phi) is 16.6. The largest absolute Gasteiger partial charge is 0.401 e. The summed E-state index contributed by atoms with van der Waals surface area (Å²) in [5.41, 5.74) is 0.934. The number of hydrogen-bond donors (Lipinski definition) is 0. The Morgan fingerprint density at radius 3 is 1.65 bits per heavy atom. The zero-order valence-electron chi connectivity index (χ0n) is 29.4. The molecule has 1 fully saturated rings. The summed E-state index contributed by atoms with van der Waals surface area (Å²) >= 11 is 0. The first kappa shape index (κ1) is 38.3. The quantitative estimate of drug-likeness (QED) is 0.104. The van der Waals surface area contributed by atoms with Gasteiger partial charge >= 0.3 is 0 Å². The molecule has 2 aromatic carbocycles. The van der Waals surface area contributed by atoms with Crippen molar-refractivity contribution in [3.8, 4) is 0 Å². The van der Waals surface area contributed by atoms with E-state index in [2.05, 4.69) is 81.4 Å². The lowest BCUT2D eigenvalue weighted by Gasteiger charge is -2.43. The molecule has 0 saturated heterocycles. The highest BCUT2D eigenvalue weighted by Crippen LogP contribution is 2.37. The number of ether oxygens (including phenoxy) is 6. The topological polar surface area (TPSA) is 90.4 Å². The van der Waals surface area contributed by atoms with Gasteiger partial charge in [-0.05, 0) is 47.2 Å². The van der Waals surface area contributed by atoms with Crippen LogP contribution in [0.2, 0.25) is 5.04 Å². The van der Waals surface area contributed by atoms with E-state index in [9.17, 15) is 0 Å². The molecule has 4 rings (SSSR count). The van der Waals surface area contributed by atoms with Crippen LogP contribution in [0.25, 0.3) is 0 Å². The van der Waals surface area contributed by atoms with Crippen molar-refractivity contribution in [1.82, 2.24) is 9.97 Å². The highest BCUT2D eigenvalue weighted by atomic mass is 28.4. The second-order valence-corrected chi connectivity index (χ2v) is 17.5. The van der Waals surface area contributed by atoms with Crippen molar-refractivity contribution in [2.24, 2.45) is 0 Å². The van der Waals surface area contributed by atoms with Crippen LogP contribution >= 0.6 is 0 Å². The maximum absolute atomic E-state index is 7.13. The molecule has 264 valence electrons. The van der Waals surface area contributed by atoms with Crippen LogP contribution in [0.4, 0.5) is 0 Å². The summed E-state index contributed by atoms with van der Waals surface area (Å²) in [5, 5.41) is 2.46. The van der Waals surface area contributed by atoms with E-state index < -0.39 is 8.32 Å². The van der Waals surface area contributed by atoms with E-state index in [1.165, 1.54) is 10.4 Å². The second kappa shape index (κ2) is 20.8. The number of rotatable bonds is 22. The minimum absolute atomic E-state index is 0.0847. The minimum atomic E-state index is -2.64. The molecule has 1 aromatic heterocycles. The fourth-order valence-corrected chi connectivity index (χ4v) is 10.8. The Hall–Kier alpha value is -2.54. The van der Waals surface area contributed by atoms with Crippen LogP contribution in [0, 0.1) is 0 Å². The van der Waals surface area contributed by atoms with Crippen molar-refractivity contribution < 1.29 is 32.8 Å². The highest BCUT2D eigenvalue weighted by Gasteiger charge is 2.50. The van der Waals surface area contributed by atoms with E-state index in [1.807, 2.05) is 12.3 Å². The molecule has 10 heteroatoms. The summed E-state index contributed by atoms with van der Waals surface area (Å²) in [4.78, 5) is 9.73. The molecule has 48 heavy (non-hydrogen) atoms. The number of benzene rings is 2. The standard InChI is InChI=1S/C38H56N2O7Si/c1-38(2,3)48(35-11-7-5-8-12-35,36-13-9-6-10-14-36)47-31-33-19-20-39-37(40-33)32-15-17-34(18-16-32)46-30-29-45-28-27-44-26-25-43-24-23-42-22-21-41-4/h5-14,19-20,32,34H,15-18,21-31H2,1-4H3. The first-order valence-electron chi connectivity index (χ1n) is 17.4. The first-order chi connectivity index (χ1) is 23.4. The lowest BCUT2D eigenvalue weighted by Crippen LogP contribution is -2.66. The van der Waals surface area contributed by atoms with E-state index >= 15 is 0 Å². The Balaban J connectivity index is 1.16. The van der Waals surface area contributed by atoms with Crippen molar-refractivity contribution in [2.75, 3.05) is 73.2 Å². The number of methoxy groups -OCH3 is 1. The molecule has 1 heterocycles. The fraction of sp³-hybridized carbons (Fsp3) is 0.579. The molecule has 0 unspecified atom stereocenters. The van der Waals surface area contributed by atoms with Crippen LogP contribution in [0.3, 0.4) is 0 Å². The zero-order chi connectivity index (χ0) is 33.9. The molecule has 3 aromatic rings. The summed E-state index contributed by atoms with van der Waals surface area (Å²) in [6.45, 7) is 13.0. The summed E-state index contributed by atoms with van der Waals surface area (Å²) < 4.78 is 40.2.